The molecule has 1 aromatic heterocycles. The Kier molecular flexibility index (Phi) is 9.51. The van der Waals surface area contributed by atoms with Gasteiger partial charge in [0.2, 0.25) is 11.8 Å². The lowest BCUT2D eigenvalue weighted by Gasteiger charge is -2.33. The number of rotatable bonds is 9. The number of nitrogens with one attached hydrogen (secondary N) is 2. The van der Waals surface area contributed by atoms with Gasteiger partial charge < -0.3 is 41.2 Å². The summed E-state index contributed by atoms with van der Waals surface area (Å²) in [5, 5.41) is 6.01. The van der Waals surface area contributed by atoms with Gasteiger partial charge in [-0.15, -0.1) is 0 Å². The number of esters is 1. The number of hydrogen-bond donors (Lipinski definition) is 4. The molecule has 254 valence electrons. The van der Waals surface area contributed by atoms with Crippen LogP contribution in [0, 0.1) is 5.92 Å². The largest absolute Gasteiger partial charge is 0.466 e. The Hall–Kier alpha value is -5.14. The lowest BCUT2D eigenvalue weighted by molar-refractivity contribution is -0.148. The average molecular weight is 658 g/mol. The molecule has 2 saturated heterocycles. The molecule has 0 saturated carbocycles. The molecule has 0 aliphatic carbocycles. The molecule has 0 bridgehead atoms. The van der Waals surface area contributed by atoms with E-state index < -0.39 is 6.04 Å². The minimum absolute atomic E-state index is 0.00414. The first-order valence-electron chi connectivity index (χ1n) is 16.6. The van der Waals surface area contributed by atoms with E-state index in [-0.39, 0.29) is 41.6 Å². The maximum absolute atomic E-state index is 13.8. The first-order valence-corrected chi connectivity index (χ1v) is 16.6. The number of aliphatic imine (C=N–C) groups is 1. The second-order valence-electron chi connectivity index (χ2n) is 12.7. The van der Waals surface area contributed by atoms with E-state index in [1.807, 2.05) is 35.8 Å². The van der Waals surface area contributed by atoms with Gasteiger partial charge in [0.1, 0.15) is 11.9 Å². The molecular formula is C34H43N9O5. The predicted octanol–water partition coefficient (Wildman–Crippen LogP) is 2.38. The Balaban J connectivity index is 1.37. The summed E-state index contributed by atoms with van der Waals surface area (Å²) < 4.78 is 7.27. The molecule has 14 nitrogen and oxygen atoms in total. The fraction of sp³-hybridized carbons (Fsp3) is 0.471. The number of amides is 3. The maximum Gasteiger partial charge on any atom is 0.310 e. The summed E-state index contributed by atoms with van der Waals surface area (Å²) in [5.74, 6) is -0.236. The van der Waals surface area contributed by atoms with E-state index in [4.69, 9.17) is 21.2 Å². The normalized spacial score (nSPS) is 20.4. The highest BCUT2D eigenvalue weighted by atomic mass is 16.5. The highest BCUT2D eigenvalue weighted by molar-refractivity contribution is 6.03. The number of carbonyl (C=O) groups is 4. The molecule has 6 N–H and O–H groups in total. The second kappa shape index (κ2) is 13.9. The summed E-state index contributed by atoms with van der Waals surface area (Å²) in [6, 6.07) is 10.6. The first-order chi connectivity index (χ1) is 23.1. The molecule has 3 aromatic rings. The zero-order valence-electron chi connectivity index (χ0n) is 27.4. The lowest BCUT2D eigenvalue weighted by atomic mass is 9.97. The third-order valence-electron chi connectivity index (χ3n) is 9.27. The molecule has 6 rings (SSSR count). The van der Waals surface area contributed by atoms with Gasteiger partial charge in [-0.1, -0.05) is 0 Å². The van der Waals surface area contributed by atoms with Gasteiger partial charge in [0.15, 0.2) is 5.96 Å². The summed E-state index contributed by atoms with van der Waals surface area (Å²) in [6.45, 7) is 6.32. The number of ether oxygens (including phenoxy) is 1. The van der Waals surface area contributed by atoms with Crippen LogP contribution in [0.4, 0.5) is 11.4 Å². The summed E-state index contributed by atoms with van der Waals surface area (Å²) in [6.07, 6.45) is 3.34. The Morgan fingerprint density at radius 1 is 1.10 bits per heavy atom. The standard InChI is InChI=1S/C34H43N9O5/c1-3-48-33(47)22-6-5-14-41(18-22)24-9-10-26-25(17-24)30-39-27-16-21(32(46)42-15-12-23(19-42)38-20(2)44)8-11-28(27)43(30)29(31(45)40-26)7-4-13-37-34(35)36/h8-11,16-17,22-23,29H,3-7,12-15,18-19H2,1-2H3,(H,38,44)(H,40,45)(H4,35,36,37). The number of fused-ring (bicyclic) bond motifs is 5. The summed E-state index contributed by atoms with van der Waals surface area (Å²) in [5.41, 5.74) is 15.2. The van der Waals surface area contributed by atoms with E-state index in [2.05, 4.69) is 20.5 Å². The molecule has 4 heterocycles. The average Bonchev–Trinajstić information content (AvgIpc) is 3.66. The molecule has 3 amide bonds. The summed E-state index contributed by atoms with van der Waals surface area (Å²) in [7, 11) is 0. The number of carbonyl (C=O) groups excluding carboxylic acids is 4. The van der Waals surface area contributed by atoms with Crippen molar-refractivity contribution in [2.75, 3.05) is 49.5 Å². The SMILES string of the molecule is CCOC(=O)C1CCCN(c2ccc3c(c2)-c2nc4cc(C(=O)N5CCC(NC(C)=O)C5)ccc4n2C(CCCN=C(N)N)C(=O)N3)C1. The van der Waals surface area contributed by atoms with Crippen molar-refractivity contribution >= 4 is 52.1 Å². The number of benzene rings is 2. The fourth-order valence-corrected chi connectivity index (χ4v) is 7.04. The van der Waals surface area contributed by atoms with Gasteiger partial charge in [-0.25, -0.2) is 4.98 Å². The number of likely N-dealkylation sites (tertiary alicyclic amines) is 1. The van der Waals surface area contributed by atoms with Gasteiger partial charge in [0.05, 0.1) is 29.2 Å². The van der Waals surface area contributed by atoms with Crippen LogP contribution in [0.25, 0.3) is 22.4 Å². The van der Waals surface area contributed by atoms with Crippen LogP contribution < -0.4 is 27.0 Å². The molecular weight excluding hydrogens is 614 g/mol. The molecule has 48 heavy (non-hydrogen) atoms. The van der Waals surface area contributed by atoms with E-state index in [1.165, 1.54) is 6.92 Å². The number of piperidine rings is 1. The van der Waals surface area contributed by atoms with Gasteiger partial charge >= 0.3 is 5.97 Å². The summed E-state index contributed by atoms with van der Waals surface area (Å²) in [4.78, 5) is 64.6. The molecule has 2 fully saturated rings. The molecule has 2 aromatic carbocycles. The second-order valence-corrected chi connectivity index (χ2v) is 12.7. The van der Waals surface area contributed by atoms with Crippen molar-refractivity contribution in [1.29, 1.82) is 0 Å². The Morgan fingerprint density at radius 3 is 2.71 bits per heavy atom. The first kappa shape index (κ1) is 32.8. The van der Waals surface area contributed by atoms with E-state index >= 15 is 0 Å². The highest BCUT2D eigenvalue weighted by Gasteiger charge is 2.33. The van der Waals surface area contributed by atoms with Crippen LogP contribution in [-0.2, 0) is 19.1 Å². The smallest absolute Gasteiger partial charge is 0.310 e. The zero-order chi connectivity index (χ0) is 33.9. The third kappa shape index (κ3) is 6.78. The van der Waals surface area contributed by atoms with Crippen LogP contribution >= 0.6 is 0 Å². The Labute approximate surface area is 278 Å². The number of guanidine groups is 1. The van der Waals surface area contributed by atoms with Crippen LogP contribution in [0.5, 0.6) is 0 Å². The van der Waals surface area contributed by atoms with Crippen molar-refractivity contribution in [2.24, 2.45) is 22.4 Å². The van der Waals surface area contributed by atoms with Crippen molar-refractivity contribution in [2.45, 2.75) is 58.0 Å². The summed E-state index contributed by atoms with van der Waals surface area (Å²) >= 11 is 0. The molecule has 3 aliphatic rings. The van der Waals surface area contributed by atoms with E-state index in [9.17, 15) is 19.2 Å². The number of anilines is 2. The van der Waals surface area contributed by atoms with Crippen LogP contribution in [-0.4, -0.2) is 89.5 Å². The van der Waals surface area contributed by atoms with Crippen molar-refractivity contribution in [3.05, 3.63) is 42.0 Å². The van der Waals surface area contributed by atoms with Gasteiger partial charge in [0.25, 0.3) is 5.91 Å². The zero-order valence-corrected chi connectivity index (χ0v) is 27.4. The van der Waals surface area contributed by atoms with Crippen molar-refractivity contribution < 1.29 is 23.9 Å². The van der Waals surface area contributed by atoms with E-state index in [0.717, 1.165) is 36.2 Å². The fourth-order valence-electron chi connectivity index (χ4n) is 7.04. The molecule has 3 atom stereocenters. The van der Waals surface area contributed by atoms with Crippen LogP contribution in [0.3, 0.4) is 0 Å². The Morgan fingerprint density at radius 2 is 1.94 bits per heavy atom. The maximum atomic E-state index is 13.8. The quantitative estimate of drug-likeness (QED) is 0.116. The number of aromatic nitrogens is 2. The van der Waals surface area contributed by atoms with Crippen LogP contribution in [0.1, 0.15) is 62.4 Å². The topological polar surface area (TPSA) is 190 Å². The van der Waals surface area contributed by atoms with E-state index in [0.29, 0.717) is 74.6 Å². The molecule has 3 aliphatic heterocycles. The van der Waals surface area contributed by atoms with Crippen LogP contribution in [0.2, 0.25) is 0 Å². The van der Waals surface area contributed by atoms with E-state index in [1.54, 1.807) is 17.0 Å². The number of nitrogens with zero attached hydrogens (tertiary/aromatic N) is 5. The molecule has 14 heteroatoms. The van der Waals surface area contributed by atoms with Gasteiger partial charge in [-0.05, 0) is 75.4 Å². The lowest BCUT2D eigenvalue weighted by Crippen LogP contribution is -2.39. The third-order valence-corrected chi connectivity index (χ3v) is 9.27. The van der Waals surface area contributed by atoms with Gasteiger partial charge in [-0.2, -0.15) is 0 Å². The van der Waals surface area contributed by atoms with Gasteiger partial charge in [0, 0.05) is 62.5 Å². The molecule has 0 radical (unpaired) electrons. The van der Waals surface area contributed by atoms with Crippen LogP contribution in [0.15, 0.2) is 41.4 Å². The predicted molar refractivity (Wildman–Crippen MR) is 182 cm³/mol. The van der Waals surface area contributed by atoms with Gasteiger partial charge in [-0.3, -0.25) is 24.2 Å². The molecule has 0 spiro atoms. The molecule has 3 unspecified atom stereocenters. The minimum atomic E-state index is -0.614. The number of hydrogen-bond acceptors (Lipinski definition) is 8. The number of nitrogens with two attached hydrogens (primary N) is 2. The van der Waals surface area contributed by atoms with Crippen molar-refractivity contribution in [3.8, 4) is 11.4 Å². The number of imidazole rings is 1. The minimum Gasteiger partial charge on any atom is -0.466 e. The monoisotopic (exact) mass is 657 g/mol. The van der Waals surface area contributed by atoms with Crippen molar-refractivity contribution in [1.82, 2.24) is 19.8 Å². The Bertz CT molecular complexity index is 1760. The van der Waals surface area contributed by atoms with Crippen molar-refractivity contribution in [3.63, 3.8) is 0 Å². The highest BCUT2D eigenvalue weighted by Crippen LogP contribution is 2.40.